The zero-order valence-corrected chi connectivity index (χ0v) is 12.7. The van der Waals surface area contributed by atoms with Crippen LogP contribution in [0.5, 0.6) is 0 Å². The molecule has 0 fully saturated rings. The Bertz CT molecular complexity index is 903. The Morgan fingerprint density at radius 1 is 1.00 bits per heavy atom. The quantitative estimate of drug-likeness (QED) is 0.628. The monoisotopic (exact) mass is 307 g/mol. The number of aromatic amines is 1. The van der Waals surface area contributed by atoms with E-state index in [0.717, 1.165) is 46.1 Å². The first-order chi connectivity index (χ1) is 10.7. The number of carbonyl (C=O) groups excluding carboxylic acids is 1. The number of allylic oxidation sites excluding steroid dienone is 1. The van der Waals surface area contributed by atoms with Crippen molar-refractivity contribution in [2.24, 2.45) is 0 Å². The highest BCUT2D eigenvalue weighted by atomic mass is 35.5. The zero-order chi connectivity index (χ0) is 15.1. The number of Topliss-reactive ketones (excluding diaryl/α,β-unsaturated/α-hetero) is 1. The minimum atomic E-state index is 0.104. The van der Waals surface area contributed by atoms with Crippen LogP contribution in [-0.4, -0.2) is 10.8 Å². The maximum Gasteiger partial charge on any atom is 0.205 e. The van der Waals surface area contributed by atoms with Crippen LogP contribution in [0.4, 0.5) is 0 Å². The number of para-hydroxylation sites is 1. The third-order valence-electron chi connectivity index (χ3n) is 4.19. The minimum Gasteiger partial charge on any atom is -0.352 e. The highest BCUT2D eigenvalue weighted by molar-refractivity contribution is 6.30. The fourth-order valence-electron chi connectivity index (χ4n) is 3.09. The largest absolute Gasteiger partial charge is 0.352 e. The number of aromatic nitrogens is 1. The van der Waals surface area contributed by atoms with Crippen LogP contribution in [0.1, 0.15) is 28.0 Å². The summed E-state index contributed by atoms with van der Waals surface area (Å²) < 4.78 is 0. The Labute approximate surface area is 133 Å². The molecule has 1 heterocycles. The van der Waals surface area contributed by atoms with Crippen LogP contribution >= 0.6 is 11.6 Å². The molecule has 4 rings (SSSR count). The van der Waals surface area contributed by atoms with Crippen molar-refractivity contribution in [2.45, 2.75) is 12.8 Å². The highest BCUT2D eigenvalue weighted by Gasteiger charge is 2.25. The van der Waals surface area contributed by atoms with E-state index in [2.05, 4.69) is 11.1 Å². The second-order valence-corrected chi connectivity index (χ2v) is 6.01. The van der Waals surface area contributed by atoms with Gasteiger partial charge >= 0.3 is 0 Å². The number of aryl methyl sites for hydroxylation is 1. The first kappa shape index (κ1) is 13.4. The van der Waals surface area contributed by atoms with Gasteiger partial charge in [0.1, 0.15) is 0 Å². The number of fused-ring (bicyclic) bond motifs is 3. The number of benzene rings is 2. The standard InChI is InChI=1S/C19H14ClNO/c20-14-8-5-12(6-9-14)11-13-7-10-16-15-3-1-2-4-17(15)21-18(16)19(13)22/h1-6,8-9,11,21H,7,10H2/b13-11+. The van der Waals surface area contributed by atoms with E-state index in [0.29, 0.717) is 5.02 Å². The first-order valence-corrected chi connectivity index (χ1v) is 7.70. The predicted octanol–water partition coefficient (Wildman–Crippen LogP) is 5.03. The third kappa shape index (κ3) is 2.16. The van der Waals surface area contributed by atoms with E-state index in [4.69, 9.17) is 11.6 Å². The topological polar surface area (TPSA) is 32.9 Å². The number of rotatable bonds is 1. The molecule has 22 heavy (non-hydrogen) atoms. The van der Waals surface area contributed by atoms with Gasteiger partial charge < -0.3 is 4.98 Å². The summed E-state index contributed by atoms with van der Waals surface area (Å²) in [6.45, 7) is 0. The van der Waals surface area contributed by atoms with Crippen molar-refractivity contribution in [3.05, 3.63) is 75.9 Å². The van der Waals surface area contributed by atoms with Crippen LogP contribution in [0.3, 0.4) is 0 Å². The smallest absolute Gasteiger partial charge is 0.205 e. The summed E-state index contributed by atoms with van der Waals surface area (Å²) in [7, 11) is 0. The fourth-order valence-corrected chi connectivity index (χ4v) is 3.21. The van der Waals surface area contributed by atoms with Gasteiger partial charge in [0.15, 0.2) is 0 Å². The molecule has 3 heteroatoms. The summed E-state index contributed by atoms with van der Waals surface area (Å²) in [4.78, 5) is 16.0. The van der Waals surface area contributed by atoms with E-state index in [1.54, 1.807) is 0 Å². The number of halogens is 1. The molecule has 0 atom stereocenters. The molecular formula is C19H14ClNO. The molecule has 0 unspecified atom stereocenters. The lowest BCUT2D eigenvalue weighted by atomic mass is 9.89. The van der Waals surface area contributed by atoms with Crippen LogP contribution in [0.2, 0.25) is 5.02 Å². The molecule has 0 bridgehead atoms. The van der Waals surface area contributed by atoms with Crippen molar-refractivity contribution in [1.82, 2.24) is 4.98 Å². The molecule has 0 aliphatic heterocycles. The number of carbonyl (C=O) groups is 1. The molecular weight excluding hydrogens is 294 g/mol. The van der Waals surface area contributed by atoms with Crippen LogP contribution in [0.15, 0.2) is 54.1 Å². The molecule has 0 spiro atoms. The lowest BCUT2D eigenvalue weighted by molar-refractivity contribution is 0.102. The van der Waals surface area contributed by atoms with Gasteiger partial charge in [-0.2, -0.15) is 0 Å². The molecule has 0 saturated carbocycles. The highest BCUT2D eigenvalue weighted by Crippen LogP contribution is 2.32. The molecule has 0 radical (unpaired) electrons. The van der Waals surface area contributed by atoms with Gasteiger partial charge in [-0.25, -0.2) is 0 Å². The van der Waals surface area contributed by atoms with E-state index < -0.39 is 0 Å². The Hall–Kier alpha value is -2.32. The third-order valence-corrected chi connectivity index (χ3v) is 4.44. The maximum absolute atomic E-state index is 12.7. The second-order valence-electron chi connectivity index (χ2n) is 5.57. The van der Waals surface area contributed by atoms with E-state index in [1.165, 1.54) is 0 Å². The van der Waals surface area contributed by atoms with Crippen LogP contribution < -0.4 is 0 Å². The van der Waals surface area contributed by atoms with E-state index >= 15 is 0 Å². The SMILES string of the molecule is O=C1/C(=C/c2ccc(Cl)cc2)CCc2c1[nH]c1ccccc21. The molecule has 1 aliphatic rings. The Morgan fingerprint density at radius 2 is 1.77 bits per heavy atom. The van der Waals surface area contributed by atoms with Crippen LogP contribution in [0, 0.1) is 0 Å². The van der Waals surface area contributed by atoms with Gasteiger partial charge in [-0.1, -0.05) is 41.9 Å². The van der Waals surface area contributed by atoms with Crippen molar-refractivity contribution in [3.63, 3.8) is 0 Å². The maximum atomic E-state index is 12.7. The lowest BCUT2D eigenvalue weighted by Crippen LogP contribution is -2.13. The number of H-pyrrole nitrogens is 1. The number of hydrogen-bond acceptors (Lipinski definition) is 1. The predicted molar refractivity (Wildman–Crippen MR) is 90.4 cm³/mol. The second kappa shape index (κ2) is 5.15. The van der Waals surface area contributed by atoms with Crippen molar-refractivity contribution in [1.29, 1.82) is 0 Å². The van der Waals surface area contributed by atoms with Gasteiger partial charge in [-0.05, 0) is 48.2 Å². The van der Waals surface area contributed by atoms with Crippen molar-refractivity contribution >= 4 is 34.4 Å². The summed E-state index contributed by atoms with van der Waals surface area (Å²) in [6, 6.07) is 15.6. The van der Waals surface area contributed by atoms with E-state index in [-0.39, 0.29) is 5.78 Å². The first-order valence-electron chi connectivity index (χ1n) is 7.33. The molecule has 2 aromatic carbocycles. The lowest BCUT2D eigenvalue weighted by Gasteiger charge is -2.14. The van der Waals surface area contributed by atoms with Crippen molar-refractivity contribution < 1.29 is 4.79 Å². The van der Waals surface area contributed by atoms with Gasteiger partial charge in [0, 0.05) is 21.5 Å². The van der Waals surface area contributed by atoms with Crippen molar-refractivity contribution in [3.8, 4) is 0 Å². The minimum absolute atomic E-state index is 0.104. The summed E-state index contributed by atoms with van der Waals surface area (Å²) >= 11 is 5.90. The van der Waals surface area contributed by atoms with Gasteiger partial charge in [0.05, 0.1) is 5.69 Å². The average Bonchev–Trinajstić information content (AvgIpc) is 2.92. The Morgan fingerprint density at radius 3 is 2.59 bits per heavy atom. The van der Waals surface area contributed by atoms with Gasteiger partial charge in [-0.15, -0.1) is 0 Å². The summed E-state index contributed by atoms with van der Waals surface area (Å²) in [5.74, 6) is 0.104. The molecule has 1 N–H and O–H groups in total. The van der Waals surface area contributed by atoms with Gasteiger partial charge in [-0.3, -0.25) is 4.79 Å². The molecule has 1 aliphatic carbocycles. The fraction of sp³-hybridized carbons (Fsp3) is 0.105. The average molecular weight is 308 g/mol. The van der Waals surface area contributed by atoms with Crippen LogP contribution in [0.25, 0.3) is 17.0 Å². The molecule has 108 valence electrons. The number of hydrogen-bond donors (Lipinski definition) is 1. The Balaban J connectivity index is 1.77. The molecule has 0 amide bonds. The van der Waals surface area contributed by atoms with E-state index in [1.807, 2.05) is 48.5 Å². The molecule has 2 nitrogen and oxygen atoms in total. The number of ketones is 1. The molecule has 1 aromatic heterocycles. The zero-order valence-electron chi connectivity index (χ0n) is 11.9. The van der Waals surface area contributed by atoms with Crippen LogP contribution in [-0.2, 0) is 6.42 Å². The molecule has 0 saturated heterocycles. The van der Waals surface area contributed by atoms with E-state index in [9.17, 15) is 4.79 Å². The molecule has 3 aromatic rings. The van der Waals surface area contributed by atoms with Gasteiger partial charge in [0.2, 0.25) is 5.78 Å². The van der Waals surface area contributed by atoms with Gasteiger partial charge in [0.25, 0.3) is 0 Å². The number of nitrogens with one attached hydrogen (secondary N) is 1. The van der Waals surface area contributed by atoms with Crippen molar-refractivity contribution in [2.75, 3.05) is 0 Å². The summed E-state index contributed by atoms with van der Waals surface area (Å²) in [5.41, 5.74) is 4.78. The summed E-state index contributed by atoms with van der Waals surface area (Å²) in [5, 5.41) is 1.87. The normalized spacial score (nSPS) is 16.2. The summed E-state index contributed by atoms with van der Waals surface area (Å²) in [6.07, 6.45) is 3.63. The Kier molecular flexibility index (Phi) is 3.12.